The van der Waals surface area contributed by atoms with E-state index in [1.54, 1.807) is 24.3 Å². The molecular weight excluding hydrogens is 419 g/mol. The Hall–Kier alpha value is -3.71. The Kier molecular flexibility index (Phi) is 5.95. The predicted octanol–water partition coefficient (Wildman–Crippen LogP) is 6.07. The molecule has 3 aromatic carbocycles. The molecule has 1 aromatic heterocycles. The van der Waals surface area contributed by atoms with Crippen molar-refractivity contribution in [3.8, 4) is 11.5 Å². The van der Waals surface area contributed by atoms with E-state index in [2.05, 4.69) is 20.8 Å². The smallest absolute Gasteiger partial charge is 0.323 e. The van der Waals surface area contributed by atoms with Crippen LogP contribution in [0.1, 0.15) is 17.0 Å². The third-order valence-electron chi connectivity index (χ3n) is 4.51. The zero-order chi connectivity index (χ0) is 21.8. The van der Waals surface area contributed by atoms with E-state index < -0.39 is 11.8 Å². The highest BCUT2D eigenvalue weighted by Crippen LogP contribution is 2.22. The van der Waals surface area contributed by atoms with Crippen LogP contribution >= 0.6 is 11.6 Å². The molecule has 6 nitrogen and oxygen atoms in total. The zero-order valence-corrected chi connectivity index (χ0v) is 17.3. The van der Waals surface area contributed by atoms with Gasteiger partial charge in [-0.25, -0.2) is 9.18 Å². The van der Waals surface area contributed by atoms with Crippen molar-refractivity contribution in [1.29, 1.82) is 0 Å². The minimum absolute atomic E-state index is 0.0662. The van der Waals surface area contributed by atoms with Crippen molar-refractivity contribution < 1.29 is 13.6 Å². The molecule has 1 heterocycles. The van der Waals surface area contributed by atoms with Crippen LogP contribution in [0.4, 0.5) is 20.6 Å². The minimum atomic E-state index is -0.550. The van der Waals surface area contributed by atoms with E-state index in [0.717, 1.165) is 11.1 Å². The summed E-state index contributed by atoms with van der Waals surface area (Å²) in [6, 6.07) is 18.6. The van der Waals surface area contributed by atoms with Crippen LogP contribution in [0.3, 0.4) is 0 Å². The summed E-state index contributed by atoms with van der Waals surface area (Å²) in [6.07, 6.45) is 0.556. The Labute approximate surface area is 183 Å². The average molecular weight is 437 g/mol. The molecule has 0 unspecified atom stereocenters. The van der Waals surface area contributed by atoms with Gasteiger partial charge >= 0.3 is 6.03 Å². The van der Waals surface area contributed by atoms with E-state index in [9.17, 15) is 9.18 Å². The highest BCUT2D eigenvalue weighted by Gasteiger charge is 2.10. The van der Waals surface area contributed by atoms with Gasteiger partial charge in [0.15, 0.2) is 0 Å². The van der Waals surface area contributed by atoms with Crippen LogP contribution in [0.2, 0.25) is 5.02 Å². The highest BCUT2D eigenvalue weighted by atomic mass is 35.5. The molecule has 0 spiro atoms. The number of halogens is 2. The van der Waals surface area contributed by atoms with Gasteiger partial charge in [0, 0.05) is 16.9 Å². The Morgan fingerprint density at radius 3 is 2.35 bits per heavy atom. The molecule has 0 atom stereocenters. The number of nitrogens with zero attached hydrogens (tertiary/aromatic N) is 2. The van der Waals surface area contributed by atoms with Crippen molar-refractivity contribution in [1.82, 2.24) is 10.2 Å². The fourth-order valence-electron chi connectivity index (χ4n) is 2.89. The van der Waals surface area contributed by atoms with Gasteiger partial charge in [0.05, 0.1) is 11.4 Å². The molecule has 2 N–H and O–H groups in total. The van der Waals surface area contributed by atoms with Gasteiger partial charge in [-0.1, -0.05) is 41.4 Å². The summed E-state index contributed by atoms with van der Waals surface area (Å²) in [5.41, 5.74) is 3.97. The highest BCUT2D eigenvalue weighted by molar-refractivity contribution is 6.31. The second-order valence-corrected chi connectivity index (χ2v) is 7.36. The van der Waals surface area contributed by atoms with E-state index in [4.69, 9.17) is 16.0 Å². The van der Waals surface area contributed by atoms with Crippen molar-refractivity contribution in [2.45, 2.75) is 13.3 Å². The van der Waals surface area contributed by atoms with E-state index >= 15 is 0 Å². The van der Waals surface area contributed by atoms with Crippen LogP contribution in [0.15, 0.2) is 71.1 Å². The lowest BCUT2D eigenvalue weighted by Crippen LogP contribution is -2.19. The SMILES string of the molecule is Cc1ccc(Cc2nnc(-c3ccc(NC(=O)Nc4ccc(F)c(Cl)c4)cc3)o2)cc1. The van der Waals surface area contributed by atoms with E-state index in [1.165, 1.54) is 23.8 Å². The summed E-state index contributed by atoms with van der Waals surface area (Å²) in [5.74, 6) is 0.378. The maximum atomic E-state index is 13.2. The number of hydrogen-bond acceptors (Lipinski definition) is 4. The second kappa shape index (κ2) is 8.97. The number of aromatic nitrogens is 2. The summed E-state index contributed by atoms with van der Waals surface area (Å²) in [7, 11) is 0. The number of rotatable bonds is 5. The molecule has 0 aliphatic rings. The zero-order valence-electron chi connectivity index (χ0n) is 16.5. The molecule has 4 rings (SSSR count). The van der Waals surface area contributed by atoms with Crippen LogP contribution in [0, 0.1) is 12.7 Å². The molecule has 0 saturated heterocycles. The standard InChI is InChI=1S/C23H18ClFN4O2/c1-14-2-4-15(5-3-14)12-21-28-29-22(31-21)16-6-8-17(9-7-16)26-23(30)27-18-10-11-20(25)19(24)13-18/h2-11,13H,12H2,1H3,(H2,26,27,30). The van der Waals surface area contributed by atoms with Crippen molar-refractivity contribution in [2.75, 3.05) is 10.6 Å². The first-order valence-corrected chi connectivity index (χ1v) is 9.85. The Balaban J connectivity index is 1.37. The third kappa shape index (κ3) is 5.26. The Bertz CT molecular complexity index is 1210. The van der Waals surface area contributed by atoms with Gasteiger partial charge in [-0.3, -0.25) is 0 Å². The van der Waals surface area contributed by atoms with Gasteiger partial charge in [-0.15, -0.1) is 10.2 Å². The molecule has 2 amide bonds. The number of nitrogens with one attached hydrogen (secondary N) is 2. The number of urea groups is 1. The molecule has 0 radical (unpaired) electrons. The molecule has 0 saturated carbocycles. The van der Waals surface area contributed by atoms with Crippen LogP contribution in [-0.2, 0) is 6.42 Å². The van der Waals surface area contributed by atoms with Crippen LogP contribution in [-0.4, -0.2) is 16.2 Å². The number of carbonyl (C=O) groups is 1. The van der Waals surface area contributed by atoms with Gasteiger partial charge in [-0.2, -0.15) is 0 Å². The molecular formula is C23H18ClFN4O2. The fraction of sp³-hybridized carbons (Fsp3) is 0.0870. The van der Waals surface area contributed by atoms with E-state index in [1.807, 2.05) is 31.2 Å². The lowest BCUT2D eigenvalue weighted by molar-refractivity contribution is 0.262. The first-order valence-electron chi connectivity index (χ1n) is 9.48. The molecule has 0 bridgehead atoms. The largest absolute Gasteiger partial charge is 0.420 e. The molecule has 156 valence electrons. The maximum absolute atomic E-state index is 13.2. The van der Waals surface area contributed by atoms with Gasteiger partial charge in [0.25, 0.3) is 0 Å². The summed E-state index contributed by atoms with van der Waals surface area (Å²) in [4.78, 5) is 12.1. The topological polar surface area (TPSA) is 80.0 Å². The molecule has 0 aliphatic heterocycles. The van der Waals surface area contributed by atoms with Crippen LogP contribution in [0.25, 0.3) is 11.5 Å². The number of benzene rings is 3. The summed E-state index contributed by atoms with van der Waals surface area (Å²) in [5, 5.41) is 13.4. The Morgan fingerprint density at radius 2 is 1.65 bits per heavy atom. The van der Waals surface area contributed by atoms with E-state index in [-0.39, 0.29) is 5.02 Å². The average Bonchev–Trinajstić information content (AvgIpc) is 3.21. The summed E-state index contributed by atoms with van der Waals surface area (Å²) < 4.78 is 19.0. The number of amides is 2. The van der Waals surface area contributed by atoms with Crippen LogP contribution < -0.4 is 10.6 Å². The second-order valence-electron chi connectivity index (χ2n) is 6.95. The predicted molar refractivity (Wildman–Crippen MR) is 118 cm³/mol. The Morgan fingerprint density at radius 1 is 0.968 bits per heavy atom. The number of anilines is 2. The van der Waals surface area contributed by atoms with Crippen LogP contribution in [0.5, 0.6) is 0 Å². The minimum Gasteiger partial charge on any atom is -0.420 e. The van der Waals surface area contributed by atoms with Crippen molar-refractivity contribution >= 4 is 29.0 Å². The monoisotopic (exact) mass is 436 g/mol. The van der Waals surface area contributed by atoms with Gasteiger partial charge in [0.2, 0.25) is 11.8 Å². The molecule has 0 fully saturated rings. The van der Waals surface area contributed by atoms with E-state index in [0.29, 0.717) is 29.6 Å². The number of aryl methyl sites for hydroxylation is 1. The van der Waals surface area contributed by atoms with Crippen molar-refractivity contribution in [2.24, 2.45) is 0 Å². The molecule has 0 aliphatic carbocycles. The van der Waals surface area contributed by atoms with Gasteiger partial charge in [0.1, 0.15) is 5.82 Å². The summed E-state index contributed by atoms with van der Waals surface area (Å²) >= 11 is 5.72. The molecule has 8 heteroatoms. The fourth-order valence-corrected chi connectivity index (χ4v) is 3.07. The molecule has 31 heavy (non-hydrogen) atoms. The lowest BCUT2D eigenvalue weighted by Gasteiger charge is -2.08. The third-order valence-corrected chi connectivity index (χ3v) is 4.80. The first-order chi connectivity index (χ1) is 15.0. The summed E-state index contributed by atoms with van der Waals surface area (Å²) in [6.45, 7) is 2.04. The number of carbonyl (C=O) groups excluding carboxylic acids is 1. The maximum Gasteiger partial charge on any atom is 0.323 e. The van der Waals surface area contributed by atoms with Gasteiger partial charge in [-0.05, 0) is 55.0 Å². The molecule has 4 aromatic rings. The lowest BCUT2D eigenvalue weighted by atomic mass is 10.1. The van der Waals surface area contributed by atoms with Crippen molar-refractivity contribution in [3.05, 3.63) is 94.6 Å². The quantitative estimate of drug-likeness (QED) is 0.397. The normalized spacial score (nSPS) is 10.7. The first kappa shape index (κ1) is 20.6. The van der Waals surface area contributed by atoms with Crippen molar-refractivity contribution in [3.63, 3.8) is 0 Å². The number of hydrogen-bond donors (Lipinski definition) is 2. The van der Waals surface area contributed by atoms with Gasteiger partial charge < -0.3 is 15.1 Å².